The monoisotopic (exact) mass is 164 g/mol. The molecule has 68 valence electrons. The van der Waals surface area contributed by atoms with E-state index < -0.39 is 6.16 Å². The molecule has 0 aliphatic rings. The number of aliphatic hydroxyl groups is 1. The Hall–Kier alpha value is -1.03. The van der Waals surface area contributed by atoms with Crippen LogP contribution in [0.4, 0.5) is 4.79 Å². The van der Waals surface area contributed by atoms with Crippen molar-refractivity contribution in [2.75, 3.05) is 6.61 Å². The van der Waals surface area contributed by atoms with Crippen LogP contribution in [0.25, 0.3) is 0 Å². The van der Waals surface area contributed by atoms with Crippen molar-refractivity contribution in [3.05, 3.63) is 13.2 Å². The minimum atomic E-state index is -1.83. The molecule has 0 saturated carbocycles. The second-order valence-corrected chi connectivity index (χ2v) is 1.36. The van der Waals surface area contributed by atoms with Crippen molar-refractivity contribution < 1.29 is 20.1 Å². The highest BCUT2D eigenvalue weighted by Crippen LogP contribution is 1.78. The average molecular weight is 164 g/mol. The first kappa shape index (κ1) is 16.5. The van der Waals surface area contributed by atoms with Crippen molar-refractivity contribution in [3.8, 4) is 0 Å². The fourth-order valence-electron chi connectivity index (χ4n) is 0.158. The van der Waals surface area contributed by atoms with Crippen LogP contribution in [0.3, 0.4) is 0 Å². The summed E-state index contributed by atoms with van der Waals surface area (Å²) in [5.41, 5.74) is 0. The molecule has 0 aliphatic heterocycles. The molecule has 11 heavy (non-hydrogen) atoms. The van der Waals surface area contributed by atoms with E-state index in [1.54, 1.807) is 0 Å². The molecule has 0 amide bonds. The Balaban J connectivity index is -0.0000000965. The smallest absolute Gasteiger partial charge is 0.450 e. The Labute approximate surface area is 66.8 Å². The molecular formula is C7H16O4. The van der Waals surface area contributed by atoms with Crippen molar-refractivity contribution >= 4 is 6.16 Å². The number of rotatable bonds is 2. The lowest BCUT2D eigenvalue weighted by Crippen LogP contribution is -1.81. The Kier molecular flexibility index (Phi) is 34.6. The highest BCUT2D eigenvalue weighted by atomic mass is 16.6. The van der Waals surface area contributed by atoms with E-state index in [0.717, 1.165) is 12.8 Å². The highest BCUT2D eigenvalue weighted by molar-refractivity contribution is 5.53. The minimum absolute atomic E-state index is 0.344. The van der Waals surface area contributed by atoms with Gasteiger partial charge in [0.05, 0.1) is 0 Å². The van der Waals surface area contributed by atoms with Crippen LogP contribution in [0, 0.1) is 0 Å². The molecular weight excluding hydrogens is 148 g/mol. The number of hydrogen-bond donors (Lipinski definition) is 3. The molecule has 0 aromatic rings. The Morgan fingerprint density at radius 1 is 1.36 bits per heavy atom. The van der Waals surface area contributed by atoms with E-state index in [2.05, 4.69) is 20.1 Å². The molecule has 0 rings (SSSR count). The van der Waals surface area contributed by atoms with Gasteiger partial charge in [-0.15, -0.1) is 13.2 Å². The molecule has 0 radical (unpaired) electrons. The summed E-state index contributed by atoms with van der Waals surface area (Å²) < 4.78 is 0. The summed E-state index contributed by atoms with van der Waals surface area (Å²) >= 11 is 0. The predicted molar refractivity (Wildman–Crippen MR) is 43.9 cm³/mol. The lowest BCUT2D eigenvalue weighted by Gasteiger charge is -1.79. The summed E-state index contributed by atoms with van der Waals surface area (Å²) in [5, 5.41) is 22.0. The van der Waals surface area contributed by atoms with Gasteiger partial charge in [0, 0.05) is 6.61 Å². The summed E-state index contributed by atoms with van der Waals surface area (Å²) in [6.07, 6.45) is 0.205. The van der Waals surface area contributed by atoms with E-state index >= 15 is 0 Å². The largest absolute Gasteiger partial charge is 0.503 e. The molecule has 0 unspecified atom stereocenters. The van der Waals surface area contributed by atoms with Crippen LogP contribution in [0.1, 0.15) is 19.8 Å². The second kappa shape index (κ2) is 23.1. The molecule has 0 aromatic carbocycles. The molecule has 0 bridgehead atoms. The molecule has 0 spiro atoms. The Morgan fingerprint density at radius 2 is 1.64 bits per heavy atom. The summed E-state index contributed by atoms with van der Waals surface area (Å²) in [5.74, 6) is 0. The first-order chi connectivity index (χ1) is 5.15. The minimum Gasteiger partial charge on any atom is -0.450 e. The zero-order valence-electron chi connectivity index (χ0n) is 6.79. The summed E-state index contributed by atoms with van der Waals surface area (Å²) in [7, 11) is 0. The summed E-state index contributed by atoms with van der Waals surface area (Å²) in [4.78, 5) is 8.56. The molecule has 0 aromatic heterocycles. The first-order valence-corrected chi connectivity index (χ1v) is 3.17. The fraction of sp³-hybridized carbons (Fsp3) is 0.571. The van der Waals surface area contributed by atoms with Crippen LogP contribution >= 0.6 is 0 Å². The van der Waals surface area contributed by atoms with Crippen LogP contribution in [-0.2, 0) is 0 Å². The van der Waals surface area contributed by atoms with Crippen molar-refractivity contribution in [1.29, 1.82) is 0 Å². The third-order valence-corrected chi connectivity index (χ3v) is 0.512. The van der Waals surface area contributed by atoms with E-state index in [9.17, 15) is 0 Å². The predicted octanol–water partition coefficient (Wildman–Crippen LogP) is 1.80. The van der Waals surface area contributed by atoms with Crippen molar-refractivity contribution in [1.82, 2.24) is 0 Å². The number of unbranched alkanes of at least 4 members (excludes halogenated alkanes) is 1. The van der Waals surface area contributed by atoms with Crippen LogP contribution in [0.2, 0.25) is 0 Å². The van der Waals surface area contributed by atoms with Gasteiger partial charge in [-0.05, 0) is 6.42 Å². The van der Waals surface area contributed by atoms with Crippen molar-refractivity contribution in [2.24, 2.45) is 0 Å². The molecule has 0 heterocycles. The number of carbonyl (C=O) groups is 1. The van der Waals surface area contributed by atoms with E-state index in [1.165, 1.54) is 0 Å². The molecule has 4 heteroatoms. The van der Waals surface area contributed by atoms with Crippen LogP contribution in [0.15, 0.2) is 13.2 Å². The van der Waals surface area contributed by atoms with E-state index in [0.29, 0.717) is 6.61 Å². The fourth-order valence-corrected chi connectivity index (χ4v) is 0.158. The number of aliphatic hydroxyl groups excluding tert-OH is 1. The van der Waals surface area contributed by atoms with Gasteiger partial charge in [-0.1, -0.05) is 13.3 Å². The van der Waals surface area contributed by atoms with Gasteiger partial charge in [-0.25, -0.2) is 4.79 Å². The topological polar surface area (TPSA) is 77.8 Å². The molecule has 0 fully saturated rings. The van der Waals surface area contributed by atoms with Gasteiger partial charge in [0.2, 0.25) is 0 Å². The van der Waals surface area contributed by atoms with Gasteiger partial charge in [0.25, 0.3) is 0 Å². The molecule has 0 atom stereocenters. The van der Waals surface area contributed by atoms with Gasteiger partial charge in [0.1, 0.15) is 0 Å². The lowest BCUT2D eigenvalue weighted by molar-refractivity contribution is 0.137. The van der Waals surface area contributed by atoms with E-state index in [4.69, 9.17) is 20.1 Å². The van der Waals surface area contributed by atoms with Crippen LogP contribution in [0.5, 0.6) is 0 Å². The van der Waals surface area contributed by atoms with Crippen molar-refractivity contribution in [2.45, 2.75) is 19.8 Å². The SMILES string of the molecule is C=C.CCCCO.O=C(O)O. The zero-order valence-corrected chi connectivity index (χ0v) is 6.79. The average Bonchev–Trinajstić information content (AvgIpc) is 1.93. The maximum absolute atomic E-state index is 8.56. The molecule has 0 aliphatic carbocycles. The Morgan fingerprint density at radius 3 is 1.64 bits per heavy atom. The van der Waals surface area contributed by atoms with Gasteiger partial charge in [-0.3, -0.25) is 0 Å². The lowest BCUT2D eigenvalue weighted by atomic mass is 10.4. The van der Waals surface area contributed by atoms with Gasteiger partial charge in [0.15, 0.2) is 0 Å². The summed E-state index contributed by atoms with van der Waals surface area (Å²) in [6.45, 7) is 8.40. The highest BCUT2D eigenvalue weighted by Gasteiger charge is 1.70. The number of carboxylic acid groups (broad SMARTS) is 2. The first-order valence-electron chi connectivity index (χ1n) is 3.17. The van der Waals surface area contributed by atoms with Crippen LogP contribution in [-0.4, -0.2) is 28.1 Å². The van der Waals surface area contributed by atoms with Gasteiger partial charge in [-0.2, -0.15) is 0 Å². The van der Waals surface area contributed by atoms with Crippen molar-refractivity contribution in [3.63, 3.8) is 0 Å². The third-order valence-electron chi connectivity index (χ3n) is 0.512. The maximum atomic E-state index is 8.56. The van der Waals surface area contributed by atoms with Crippen LogP contribution < -0.4 is 0 Å². The quantitative estimate of drug-likeness (QED) is 0.544. The normalized spacial score (nSPS) is 6.36. The Bertz CT molecular complexity index is 66.8. The molecule has 0 saturated heterocycles. The zero-order chi connectivity index (χ0) is 9.70. The molecule has 4 nitrogen and oxygen atoms in total. The molecule has 3 N–H and O–H groups in total. The number of hydrogen-bond acceptors (Lipinski definition) is 2. The van der Waals surface area contributed by atoms with Gasteiger partial charge < -0.3 is 15.3 Å². The second-order valence-electron chi connectivity index (χ2n) is 1.36. The van der Waals surface area contributed by atoms with Gasteiger partial charge >= 0.3 is 6.16 Å². The van der Waals surface area contributed by atoms with E-state index in [1.807, 2.05) is 0 Å². The summed E-state index contributed by atoms with van der Waals surface area (Å²) in [6, 6.07) is 0. The standard InChI is InChI=1S/C4H10O.C2H4.CH2O3/c1-2-3-4-5;1-2;2-1(3)4/h5H,2-4H2,1H3;1-2H2;(H2,2,3,4). The maximum Gasteiger partial charge on any atom is 0.503 e. The van der Waals surface area contributed by atoms with E-state index in [-0.39, 0.29) is 0 Å². The third kappa shape index (κ3) is 463.